The zero-order valence-corrected chi connectivity index (χ0v) is 13.1. The van der Waals surface area contributed by atoms with E-state index in [-0.39, 0.29) is 6.54 Å². The summed E-state index contributed by atoms with van der Waals surface area (Å²) >= 11 is 1.31. The Morgan fingerprint density at radius 2 is 1.85 bits per heavy atom. The van der Waals surface area contributed by atoms with Crippen LogP contribution in [0, 0.1) is 0 Å². The van der Waals surface area contributed by atoms with E-state index in [0.29, 0.717) is 4.21 Å². The topological polar surface area (TPSA) is 55.4 Å². The van der Waals surface area contributed by atoms with E-state index in [0.717, 1.165) is 22.6 Å². The molecule has 20 heavy (non-hydrogen) atoms. The Hall–Kier alpha value is -1.37. The molecule has 0 unspecified atom stereocenters. The zero-order valence-electron chi connectivity index (χ0n) is 11.4. The fraction of sp³-hybridized carbons (Fsp3) is 0.286. The first-order valence-corrected chi connectivity index (χ1v) is 8.56. The molecule has 0 saturated carbocycles. The number of methoxy groups -OCH3 is 1. The van der Waals surface area contributed by atoms with Crippen LogP contribution in [-0.4, -0.2) is 15.5 Å². The maximum Gasteiger partial charge on any atom is 0.250 e. The van der Waals surface area contributed by atoms with Crippen LogP contribution in [0.5, 0.6) is 5.75 Å². The number of ether oxygens (including phenoxy) is 1. The number of sulfonamides is 1. The van der Waals surface area contributed by atoms with Gasteiger partial charge < -0.3 is 4.74 Å². The SMILES string of the molecule is CCc1ccc(S(=O)(=O)NCc2ccc(OC)cc2)s1. The predicted octanol–water partition coefficient (Wildman–Crippen LogP) is 2.80. The van der Waals surface area contributed by atoms with Crippen molar-refractivity contribution >= 4 is 21.4 Å². The summed E-state index contributed by atoms with van der Waals surface area (Å²) in [5.74, 6) is 0.752. The quantitative estimate of drug-likeness (QED) is 0.892. The standard InChI is InChI=1S/C14H17NO3S2/c1-3-13-8-9-14(19-13)20(16,17)15-10-11-4-6-12(18-2)7-5-11/h4-9,15H,3,10H2,1-2H3. The van der Waals surface area contributed by atoms with Gasteiger partial charge in [0, 0.05) is 11.4 Å². The van der Waals surface area contributed by atoms with Crippen molar-refractivity contribution in [3.63, 3.8) is 0 Å². The van der Waals surface area contributed by atoms with Crippen molar-refractivity contribution in [1.82, 2.24) is 4.72 Å². The molecule has 0 amide bonds. The average Bonchev–Trinajstić information content (AvgIpc) is 2.95. The van der Waals surface area contributed by atoms with Crippen LogP contribution < -0.4 is 9.46 Å². The zero-order chi connectivity index (χ0) is 14.6. The third-order valence-electron chi connectivity index (χ3n) is 2.88. The minimum absolute atomic E-state index is 0.270. The van der Waals surface area contributed by atoms with Gasteiger partial charge in [0.15, 0.2) is 0 Å². The van der Waals surface area contributed by atoms with Gasteiger partial charge in [-0.2, -0.15) is 0 Å². The lowest BCUT2D eigenvalue weighted by atomic mass is 10.2. The van der Waals surface area contributed by atoms with Crippen molar-refractivity contribution in [2.45, 2.75) is 24.1 Å². The molecule has 1 aromatic heterocycles. The first-order chi connectivity index (χ1) is 9.55. The molecule has 2 aromatic rings. The van der Waals surface area contributed by atoms with Crippen LogP contribution in [0.15, 0.2) is 40.6 Å². The van der Waals surface area contributed by atoms with Gasteiger partial charge in [-0.3, -0.25) is 0 Å². The summed E-state index contributed by atoms with van der Waals surface area (Å²) in [6, 6.07) is 10.8. The summed E-state index contributed by atoms with van der Waals surface area (Å²) in [5, 5.41) is 0. The van der Waals surface area contributed by atoms with Crippen molar-refractivity contribution < 1.29 is 13.2 Å². The van der Waals surface area contributed by atoms with Gasteiger partial charge in [0.05, 0.1) is 7.11 Å². The molecule has 4 nitrogen and oxygen atoms in total. The molecule has 2 rings (SSSR count). The highest BCUT2D eigenvalue weighted by Crippen LogP contribution is 2.22. The van der Waals surface area contributed by atoms with E-state index < -0.39 is 10.0 Å². The Kier molecular flexibility index (Phi) is 4.80. The van der Waals surface area contributed by atoms with E-state index in [1.165, 1.54) is 11.3 Å². The van der Waals surface area contributed by atoms with Crippen molar-refractivity contribution in [3.05, 3.63) is 46.8 Å². The van der Waals surface area contributed by atoms with Gasteiger partial charge in [0.1, 0.15) is 9.96 Å². The molecule has 1 N–H and O–H groups in total. The fourth-order valence-electron chi connectivity index (χ4n) is 1.69. The minimum atomic E-state index is -3.43. The molecule has 1 aromatic carbocycles. The monoisotopic (exact) mass is 311 g/mol. The number of hydrogen-bond donors (Lipinski definition) is 1. The van der Waals surface area contributed by atoms with E-state index in [2.05, 4.69) is 4.72 Å². The Balaban J connectivity index is 2.04. The molecule has 0 fully saturated rings. The first kappa shape index (κ1) is 15.0. The highest BCUT2D eigenvalue weighted by molar-refractivity contribution is 7.91. The fourth-order valence-corrected chi connectivity index (χ4v) is 4.04. The lowest BCUT2D eigenvalue weighted by molar-refractivity contribution is 0.414. The number of aryl methyl sites for hydroxylation is 1. The maximum atomic E-state index is 12.1. The second kappa shape index (κ2) is 6.39. The Labute approximate surface area is 123 Å². The molecular formula is C14H17NO3S2. The number of thiophene rings is 1. The van der Waals surface area contributed by atoms with Crippen LogP contribution in [0.1, 0.15) is 17.4 Å². The summed E-state index contributed by atoms with van der Waals surface area (Å²) in [7, 11) is -1.83. The summed E-state index contributed by atoms with van der Waals surface area (Å²) in [6.45, 7) is 2.28. The van der Waals surface area contributed by atoms with Gasteiger partial charge in [-0.15, -0.1) is 11.3 Å². The third-order valence-corrected chi connectivity index (χ3v) is 6.00. The molecule has 0 atom stereocenters. The van der Waals surface area contributed by atoms with E-state index >= 15 is 0 Å². The van der Waals surface area contributed by atoms with Crippen molar-refractivity contribution in [1.29, 1.82) is 0 Å². The molecule has 0 spiro atoms. The largest absolute Gasteiger partial charge is 0.497 e. The maximum absolute atomic E-state index is 12.1. The number of nitrogens with one attached hydrogen (secondary N) is 1. The second-order valence-electron chi connectivity index (χ2n) is 4.25. The van der Waals surface area contributed by atoms with Gasteiger partial charge >= 0.3 is 0 Å². The Bertz CT molecular complexity index is 660. The summed E-state index contributed by atoms with van der Waals surface area (Å²) in [6.07, 6.45) is 0.846. The smallest absolute Gasteiger partial charge is 0.250 e. The molecule has 6 heteroatoms. The van der Waals surface area contributed by atoms with E-state index in [9.17, 15) is 8.42 Å². The second-order valence-corrected chi connectivity index (χ2v) is 7.41. The first-order valence-electron chi connectivity index (χ1n) is 6.26. The Morgan fingerprint density at radius 3 is 2.40 bits per heavy atom. The molecule has 0 aliphatic carbocycles. The van der Waals surface area contributed by atoms with Gasteiger partial charge in [-0.1, -0.05) is 19.1 Å². The molecule has 0 aliphatic rings. The van der Waals surface area contributed by atoms with Crippen molar-refractivity contribution in [2.75, 3.05) is 7.11 Å². The molecule has 1 heterocycles. The molecule has 0 saturated heterocycles. The number of benzene rings is 1. The summed E-state index contributed by atoms with van der Waals surface area (Å²) in [5.41, 5.74) is 0.890. The highest BCUT2D eigenvalue weighted by Gasteiger charge is 2.16. The Morgan fingerprint density at radius 1 is 1.15 bits per heavy atom. The van der Waals surface area contributed by atoms with E-state index in [1.54, 1.807) is 13.2 Å². The normalized spacial score (nSPS) is 11.5. The van der Waals surface area contributed by atoms with Crippen LogP contribution in [0.4, 0.5) is 0 Å². The number of rotatable bonds is 6. The highest BCUT2D eigenvalue weighted by atomic mass is 32.2. The number of hydrogen-bond acceptors (Lipinski definition) is 4. The van der Waals surface area contributed by atoms with E-state index in [1.807, 2.05) is 37.3 Å². The van der Waals surface area contributed by atoms with E-state index in [4.69, 9.17) is 4.74 Å². The van der Waals surface area contributed by atoms with Crippen LogP contribution >= 0.6 is 11.3 Å². The van der Waals surface area contributed by atoms with Gasteiger partial charge in [0.2, 0.25) is 10.0 Å². The van der Waals surface area contributed by atoms with Crippen molar-refractivity contribution in [3.8, 4) is 5.75 Å². The lowest BCUT2D eigenvalue weighted by Crippen LogP contribution is -2.22. The predicted molar refractivity (Wildman–Crippen MR) is 80.7 cm³/mol. The molecule has 108 valence electrons. The summed E-state index contributed by atoms with van der Waals surface area (Å²) < 4.78 is 32.3. The lowest BCUT2D eigenvalue weighted by Gasteiger charge is -2.06. The molecular weight excluding hydrogens is 294 g/mol. The average molecular weight is 311 g/mol. The van der Waals surface area contributed by atoms with Gasteiger partial charge in [0.25, 0.3) is 0 Å². The minimum Gasteiger partial charge on any atom is -0.497 e. The van der Waals surface area contributed by atoms with Crippen molar-refractivity contribution in [2.24, 2.45) is 0 Å². The third kappa shape index (κ3) is 3.59. The van der Waals surface area contributed by atoms with Gasteiger partial charge in [-0.25, -0.2) is 13.1 Å². The molecule has 0 bridgehead atoms. The summed E-state index contributed by atoms with van der Waals surface area (Å²) in [4.78, 5) is 1.06. The van der Waals surface area contributed by atoms with Gasteiger partial charge in [-0.05, 0) is 36.2 Å². The van der Waals surface area contributed by atoms with Crippen LogP contribution in [0.25, 0.3) is 0 Å². The molecule has 0 radical (unpaired) electrons. The van der Waals surface area contributed by atoms with Crippen LogP contribution in [-0.2, 0) is 23.0 Å². The van der Waals surface area contributed by atoms with Crippen LogP contribution in [0.3, 0.4) is 0 Å². The van der Waals surface area contributed by atoms with Crippen LogP contribution in [0.2, 0.25) is 0 Å². The molecule has 0 aliphatic heterocycles.